The molecule has 0 saturated heterocycles. The molecule has 0 fully saturated rings. The van der Waals surface area contributed by atoms with Crippen LogP contribution in [-0.2, 0) is 15.1 Å². The Balaban J connectivity index is 2.33. The predicted octanol–water partition coefficient (Wildman–Crippen LogP) is 2.91. The van der Waals surface area contributed by atoms with Crippen LogP contribution in [0.25, 0.3) is 0 Å². The fraction of sp³-hybridized carbons (Fsp3) is 0.176. The molecule has 1 atom stereocenters. The summed E-state index contributed by atoms with van der Waals surface area (Å²) < 4.78 is 5.69. The van der Waals surface area contributed by atoms with Gasteiger partial charge in [-0.3, -0.25) is 4.79 Å². The zero-order valence-corrected chi connectivity index (χ0v) is 12.4. The Labute approximate surface area is 128 Å². The van der Waals surface area contributed by atoms with Crippen molar-refractivity contribution in [2.75, 3.05) is 0 Å². The van der Waals surface area contributed by atoms with Crippen molar-refractivity contribution in [2.24, 2.45) is 0 Å². The number of aliphatic carboxylic acids is 1. The third-order valence-electron chi connectivity index (χ3n) is 3.24. The van der Waals surface area contributed by atoms with Crippen LogP contribution >= 0.6 is 0 Å². The smallest absolute Gasteiger partial charge is 0.333 e. The molecule has 0 saturated carbocycles. The summed E-state index contributed by atoms with van der Waals surface area (Å²) in [6, 6.07) is 15.8. The second-order valence-corrected chi connectivity index (χ2v) is 5.05. The van der Waals surface area contributed by atoms with Crippen LogP contribution in [0.4, 0.5) is 0 Å². The summed E-state index contributed by atoms with van der Waals surface area (Å²) in [6.45, 7) is 2.73. The minimum absolute atomic E-state index is 0.417. The Morgan fingerprint density at radius 2 is 1.68 bits per heavy atom. The quantitative estimate of drug-likeness (QED) is 0.890. The molecule has 0 heterocycles. The van der Waals surface area contributed by atoms with Crippen molar-refractivity contribution in [3.8, 4) is 11.5 Å². The van der Waals surface area contributed by atoms with Gasteiger partial charge < -0.3 is 15.2 Å². The summed E-state index contributed by atoms with van der Waals surface area (Å²) >= 11 is 0. The van der Waals surface area contributed by atoms with Crippen LogP contribution in [-0.4, -0.2) is 17.0 Å². The zero-order chi connectivity index (χ0) is 16.2. The number of carboxylic acid groups (broad SMARTS) is 1. The summed E-state index contributed by atoms with van der Waals surface area (Å²) in [4.78, 5) is 22.9. The lowest BCUT2D eigenvalue weighted by Gasteiger charge is -2.26. The fourth-order valence-corrected chi connectivity index (χ4v) is 2.10. The average Bonchev–Trinajstić information content (AvgIpc) is 2.47. The van der Waals surface area contributed by atoms with E-state index in [4.69, 9.17) is 4.74 Å². The fourth-order valence-electron chi connectivity index (χ4n) is 2.10. The minimum Gasteiger partial charge on any atom is -0.479 e. The molecule has 0 aliphatic carbocycles. The molecule has 22 heavy (non-hydrogen) atoms. The maximum Gasteiger partial charge on any atom is 0.333 e. The Kier molecular flexibility index (Phi) is 4.46. The summed E-state index contributed by atoms with van der Waals surface area (Å²) in [6.07, 6.45) is 0. The van der Waals surface area contributed by atoms with Gasteiger partial charge in [0.05, 0.1) is 0 Å². The molecule has 0 aliphatic heterocycles. The van der Waals surface area contributed by atoms with E-state index < -0.39 is 17.4 Å². The lowest BCUT2D eigenvalue weighted by molar-refractivity contribution is -0.147. The van der Waals surface area contributed by atoms with Crippen molar-refractivity contribution in [1.82, 2.24) is 5.32 Å². The van der Waals surface area contributed by atoms with E-state index in [1.165, 1.54) is 13.8 Å². The molecule has 0 aliphatic rings. The molecule has 2 rings (SSSR count). The molecule has 1 unspecified atom stereocenters. The van der Waals surface area contributed by atoms with Crippen molar-refractivity contribution in [3.63, 3.8) is 0 Å². The topological polar surface area (TPSA) is 75.6 Å². The second kappa shape index (κ2) is 6.30. The maximum absolute atomic E-state index is 11.6. The molecule has 1 amide bonds. The first-order valence-electron chi connectivity index (χ1n) is 6.77. The maximum atomic E-state index is 11.6. The number of carbonyl (C=O) groups excluding carboxylic acids is 1. The number of carbonyl (C=O) groups is 2. The van der Waals surface area contributed by atoms with Crippen molar-refractivity contribution in [1.29, 1.82) is 0 Å². The number of hydrogen-bond donors (Lipinski definition) is 2. The van der Waals surface area contributed by atoms with Crippen molar-refractivity contribution in [2.45, 2.75) is 19.4 Å². The van der Waals surface area contributed by atoms with E-state index >= 15 is 0 Å². The average molecular weight is 299 g/mol. The van der Waals surface area contributed by atoms with Gasteiger partial charge in [-0.2, -0.15) is 0 Å². The van der Waals surface area contributed by atoms with Crippen LogP contribution in [0.2, 0.25) is 0 Å². The largest absolute Gasteiger partial charge is 0.479 e. The predicted molar refractivity (Wildman–Crippen MR) is 81.8 cm³/mol. The SMILES string of the molecule is CC(=O)NC(C)(C(=O)O)c1cccc(Oc2ccccc2)c1. The molecule has 0 bridgehead atoms. The van der Waals surface area contributed by atoms with E-state index in [2.05, 4.69) is 5.32 Å². The molecule has 2 aromatic carbocycles. The molecule has 2 N–H and O–H groups in total. The van der Waals surface area contributed by atoms with Gasteiger partial charge in [-0.25, -0.2) is 4.79 Å². The molecule has 2 aromatic rings. The lowest BCUT2D eigenvalue weighted by atomic mass is 9.92. The van der Waals surface area contributed by atoms with E-state index in [-0.39, 0.29) is 0 Å². The van der Waals surface area contributed by atoms with Crippen LogP contribution in [0.3, 0.4) is 0 Å². The monoisotopic (exact) mass is 299 g/mol. The second-order valence-electron chi connectivity index (χ2n) is 5.05. The van der Waals surface area contributed by atoms with Crippen LogP contribution in [0.15, 0.2) is 54.6 Å². The van der Waals surface area contributed by atoms with Crippen molar-refractivity contribution >= 4 is 11.9 Å². The molecule has 114 valence electrons. The molecular formula is C17H17NO4. The van der Waals surface area contributed by atoms with Gasteiger partial charge in [-0.05, 0) is 36.8 Å². The third kappa shape index (κ3) is 3.44. The van der Waals surface area contributed by atoms with Crippen LogP contribution in [0, 0.1) is 0 Å². The van der Waals surface area contributed by atoms with E-state index in [0.717, 1.165) is 0 Å². The van der Waals surface area contributed by atoms with Gasteiger partial charge in [0.25, 0.3) is 0 Å². The van der Waals surface area contributed by atoms with E-state index in [0.29, 0.717) is 17.1 Å². The Hall–Kier alpha value is -2.82. The van der Waals surface area contributed by atoms with Gasteiger partial charge in [0.1, 0.15) is 11.5 Å². The molecule has 5 heteroatoms. The van der Waals surface area contributed by atoms with E-state index in [9.17, 15) is 14.7 Å². The van der Waals surface area contributed by atoms with Crippen LogP contribution in [0.5, 0.6) is 11.5 Å². The van der Waals surface area contributed by atoms with E-state index in [1.807, 2.05) is 18.2 Å². The van der Waals surface area contributed by atoms with Crippen LogP contribution in [0.1, 0.15) is 19.4 Å². The number of amides is 1. The first-order valence-corrected chi connectivity index (χ1v) is 6.77. The van der Waals surface area contributed by atoms with Gasteiger partial charge >= 0.3 is 5.97 Å². The number of carboxylic acids is 1. The number of ether oxygens (including phenoxy) is 1. The third-order valence-corrected chi connectivity index (χ3v) is 3.24. The molecule has 0 spiro atoms. The standard InChI is InChI=1S/C17H17NO4/c1-12(19)18-17(2,16(20)21)13-7-6-10-15(11-13)22-14-8-4-3-5-9-14/h3-11H,1-2H3,(H,18,19)(H,20,21). The molecule has 0 radical (unpaired) electrons. The highest BCUT2D eigenvalue weighted by Crippen LogP contribution is 2.27. The van der Waals surface area contributed by atoms with Gasteiger partial charge in [0.15, 0.2) is 5.54 Å². The summed E-state index contributed by atoms with van der Waals surface area (Å²) in [7, 11) is 0. The summed E-state index contributed by atoms with van der Waals surface area (Å²) in [5.41, 5.74) is -1.08. The van der Waals surface area contributed by atoms with Gasteiger partial charge in [0, 0.05) is 6.92 Å². The Morgan fingerprint density at radius 3 is 2.27 bits per heavy atom. The highest BCUT2D eigenvalue weighted by molar-refractivity contribution is 5.87. The van der Waals surface area contributed by atoms with E-state index in [1.54, 1.807) is 36.4 Å². The van der Waals surface area contributed by atoms with Crippen LogP contribution < -0.4 is 10.1 Å². The molecule has 0 aromatic heterocycles. The highest BCUT2D eigenvalue weighted by atomic mass is 16.5. The zero-order valence-electron chi connectivity index (χ0n) is 12.4. The normalized spacial score (nSPS) is 13.0. The van der Waals surface area contributed by atoms with Crippen molar-refractivity contribution in [3.05, 3.63) is 60.2 Å². The van der Waals surface area contributed by atoms with Gasteiger partial charge in [-0.15, -0.1) is 0 Å². The summed E-state index contributed by atoms with van der Waals surface area (Å²) in [5, 5.41) is 11.9. The first kappa shape index (κ1) is 15.6. The first-order chi connectivity index (χ1) is 10.4. The lowest BCUT2D eigenvalue weighted by Crippen LogP contribution is -2.48. The van der Waals surface area contributed by atoms with Gasteiger partial charge in [-0.1, -0.05) is 30.3 Å². The number of nitrogens with one attached hydrogen (secondary N) is 1. The molecular weight excluding hydrogens is 282 g/mol. The number of para-hydroxylation sites is 1. The number of hydrogen-bond acceptors (Lipinski definition) is 3. The van der Waals surface area contributed by atoms with Crippen molar-refractivity contribution < 1.29 is 19.4 Å². The number of rotatable bonds is 5. The Bertz CT molecular complexity index is 684. The van der Waals surface area contributed by atoms with Gasteiger partial charge in [0.2, 0.25) is 5.91 Å². The summed E-state index contributed by atoms with van der Waals surface area (Å²) in [5.74, 6) is -0.406. The molecule has 5 nitrogen and oxygen atoms in total. The Morgan fingerprint density at radius 1 is 1.05 bits per heavy atom. The minimum atomic E-state index is -1.51. The highest BCUT2D eigenvalue weighted by Gasteiger charge is 2.36. The number of benzene rings is 2.